The lowest BCUT2D eigenvalue weighted by Gasteiger charge is -2.31. The molecule has 6 rings (SSSR count). The van der Waals surface area contributed by atoms with Crippen molar-refractivity contribution in [3.8, 4) is 16.9 Å². The minimum Gasteiger partial charge on any atom is -0.339 e. The van der Waals surface area contributed by atoms with E-state index in [0.29, 0.717) is 34.5 Å². The molecule has 1 aliphatic heterocycles. The summed E-state index contributed by atoms with van der Waals surface area (Å²) in [5.74, 6) is -0.523. The number of rotatable bonds is 9. The monoisotopic (exact) mass is 604 g/mol. The summed E-state index contributed by atoms with van der Waals surface area (Å²) in [5.41, 5.74) is 9.12. The molecule has 0 spiro atoms. The molecule has 12 heteroatoms. The highest BCUT2D eigenvalue weighted by Gasteiger charge is 2.23. The summed E-state index contributed by atoms with van der Waals surface area (Å²) in [6.07, 6.45) is 8.68. The molecule has 43 heavy (non-hydrogen) atoms. The van der Waals surface area contributed by atoms with Gasteiger partial charge in [0, 0.05) is 41.8 Å². The van der Waals surface area contributed by atoms with Gasteiger partial charge in [0.05, 0.1) is 16.4 Å². The summed E-state index contributed by atoms with van der Waals surface area (Å²) in [4.78, 5) is 32.2. The molecule has 5 N–H and O–H groups in total. The van der Waals surface area contributed by atoms with Gasteiger partial charge in [0.2, 0.25) is 0 Å². The van der Waals surface area contributed by atoms with Crippen molar-refractivity contribution in [1.29, 1.82) is 0 Å². The first-order valence-corrected chi connectivity index (χ1v) is 15.0. The summed E-state index contributed by atoms with van der Waals surface area (Å²) >= 11 is 6.25. The van der Waals surface area contributed by atoms with Crippen LogP contribution in [0.25, 0.3) is 28.0 Å². The van der Waals surface area contributed by atoms with Gasteiger partial charge >= 0.3 is 11.4 Å². The average molecular weight is 605 g/mol. The van der Waals surface area contributed by atoms with Crippen molar-refractivity contribution >= 4 is 22.6 Å². The molecule has 3 aromatic heterocycles. The maximum Gasteiger partial charge on any atom is 0.354 e. The molecule has 10 nitrogen and oxygen atoms in total. The molecule has 0 amide bonds. The number of hydrogen-bond donors (Lipinski definition) is 4. The Kier molecular flexibility index (Phi) is 8.29. The molecule has 0 radical (unpaired) electrons. The van der Waals surface area contributed by atoms with Crippen LogP contribution in [0.1, 0.15) is 56.2 Å². The number of aromatic amines is 2. The summed E-state index contributed by atoms with van der Waals surface area (Å²) in [6, 6.07) is 13.4. The van der Waals surface area contributed by atoms with Crippen LogP contribution in [-0.4, -0.2) is 41.4 Å². The van der Waals surface area contributed by atoms with Crippen LogP contribution < -0.4 is 22.4 Å². The van der Waals surface area contributed by atoms with Crippen LogP contribution in [0.4, 0.5) is 4.39 Å². The third kappa shape index (κ3) is 6.34. The third-order valence-electron chi connectivity index (χ3n) is 8.10. The number of hydrogen-bond acceptors (Lipinski definition) is 6. The Bertz CT molecular complexity index is 1860. The molecule has 1 aliphatic rings. The third-order valence-corrected chi connectivity index (χ3v) is 8.38. The number of halogens is 2. The highest BCUT2D eigenvalue weighted by molar-refractivity contribution is 6.31. The van der Waals surface area contributed by atoms with Gasteiger partial charge in [-0.15, -0.1) is 0 Å². The van der Waals surface area contributed by atoms with Crippen molar-refractivity contribution in [2.45, 2.75) is 70.1 Å². The zero-order valence-corrected chi connectivity index (χ0v) is 24.6. The van der Waals surface area contributed by atoms with Gasteiger partial charge in [0.1, 0.15) is 12.0 Å². The number of nitrogens with one attached hydrogen (secondary N) is 3. The lowest BCUT2D eigenvalue weighted by atomic mass is 9.93. The van der Waals surface area contributed by atoms with Crippen LogP contribution >= 0.6 is 11.6 Å². The number of nitrogens with two attached hydrogens (primary N) is 1. The van der Waals surface area contributed by atoms with Crippen molar-refractivity contribution in [1.82, 2.24) is 34.6 Å². The molecule has 3 atom stereocenters. The standard InChI is InChI=1S/C31H34ClFN8O2/c1-18(34)4-2-5-19-12-24(28(33)25(32)13-19)27-14-21-15-41(30(42)38-29(21)37-27)23-10-8-20(9-11-23)26-7-3-6-22(36-26)16-40-17-35-39-31(40)43/h8-15,17-18,22,26,36H,2-7,16,34H2,1H3,(H,39,43)(H,37,38,42)/t18-,22-,26-/m0/s1. The summed E-state index contributed by atoms with van der Waals surface area (Å²) < 4.78 is 18.2. The normalized spacial score (nSPS) is 17.9. The molecule has 4 heterocycles. The van der Waals surface area contributed by atoms with Crippen molar-refractivity contribution in [3.05, 3.63) is 97.9 Å². The number of nitrogens with zero attached hydrogens (tertiary/aromatic N) is 4. The molecule has 224 valence electrons. The van der Waals surface area contributed by atoms with Crippen LogP contribution in [0.15, 0.2) is 64.6 Å². The van der Waals surface area contributed by atoms with Crippen LogP contribution in [0.2, 0.25) is 5.02 Å². The SMILES string of the molecule is C[C@H](N)CCCc1cc(Cl)c(F)c(-c2cc3cn(-c4ccc([C@@H]5CCC[C@@H](Cn6cn[nH]c6=O)N5)cc4)c(=O)nc3[nH]2)c1. The average Bonchev–Trinajstić information content (AvgIpc) is 3.59. The highest BCUT2D eigenvalue weighted by atomic mass is 35.5. The Hall–Kier alpha value is -4.06. The van der Waals surface area contributed by atoms with E-state index in [2.05, 4.69) is 25.5 Å². The van der Waals surface area contributed by atoms with E-state index in [0.717, 1.165) is 49.7 Å². The molecule has 5 aromatic rings. The van der Waals surface area contributed by atoms with E-state index in [1.807, 2.05) is 31.2 Å². The Morgan fingerprint density at radius 2 is 1.98 bits per heavy atom. The fourth-order valence-corrected chi connectivity index (χ4v) is 6.11. The molecule has 2 aromatic carbocycles. The zero-order chi connectivity index (χ0) is 30.1. The lowest BCUT2D eigenvalue weighted by molar-refractivity contribution is 0.297. The van der Waals surface area contributed by atoms with Crippen LogP contribution in [-0.2, 0) is 13.0 Å². The second-order valence-electron chi connectivity index (χ2n) is 11.4. The van der Waals surface area contributed by atoms with E-state index >= 15 is 4.39 Å². The van der Waals surface area contributed by atoms with Crippen molar-refractivity contribution < 1.29 is 4.39 Å². The van der Waals surface area contributed by atoms with Crippen LogP contribution in [0, 0.1) is 5.82 Å². The van der Waals surface area contributed by atoms with Crippen LogP contribution in [0.3, 0.4) is 0 Å². The molecule has 0 unspecified atom stereocenters. The van der Waals surface area contributed by atoms with E-state index in [1.54, 1.807) is 29.0 Å². The second kappa shape index (κ2) is 12.3. The first kappa shape index (κ1) is 29.0. The zero-order valence-electron chi connectivity index (χ0n) is 23.8. The number of H-pyrrole nitrogens is 2. The number of benzene rings is 2. The first-order valence-electron chi connectivity index (χ1n) is 14.6. The van der Waals surface area contributed by atoms with E-state index in [1.165, 1.54) is 10.9 Å². The summed E-state index contributed by atoms with van der Waals surface area (Å²) in [6.45, 7) is 2.52. The van der Waals surface area contributed by atoms with Crippen molar-refractivity contribution in [2.24, 2.45) is 5.73 Å². The fraction of sp³-hybridized carbons (Fsp3) is 0.355. The maximum absolute atomic E-state index is 15.1. The fourth-order valence-electron chi connectivity index (χ4n) is 5.87. The minimum atomic E-state index is -0.523. The van der Waals surface area contributed by atoms with Gasteiger partial charge in [-0.25, -0.2) is 19.1 Å². The van der Waals surface area contributed by atoms with E-state index in [9.17, 15) is 9.59 Å². The van der Waals surface area contributed by atoms with Crippen LogP contribution in [0.5, 0.6) is 0 Å². The molecule has 0 bridgehead atoms. The highest BCUT2D eigenvalue weighted by Crippen LogP contribution is 2.32. The lowest BCUT2D eigenvalue weighted by Crippen LogP contribution is -2.41. The molecule has 0 saturated carbocycles. The molecule has 1 saturated heterocycles. The number of aromatic nitrogens is 6. The van der Waals surface area contributed by atoms with Gasteiger partial charge in [-0.3, -0.25) is 9.13 Å². The quantitative estimate of drug-likeness (QED) is 0.194. The Morgan fingerprint density at radius 1 is 1.16 bits per heavy atom. The Labute approximate surface area is 252 Å². The van der Waals surface area contributed by atoms with Gasteiger partial charge < -0.3 is 16.0 Å². The van der Waals surface area contributed by atoms with Gasteiger partial charge in [0.25, 0.3) is 0 Å². The van der Waals surface area contributed by atoms with E-state index in [-0.39, 0.29) is 28.8 Å². The number of fused-ring (bicyclic) bond motifs is 1. The Balaban J connectivity index is 1.22. The molecular formula is C31H34ClFN8O2. The van der Waals surface area contributed by atoms with Gasteiger partial charge in [-0.05, 0) is 86.9 Å². The molecule has 1 fully saturated rings. The summed E-state index contributed by atoms with van der Waals surface area (Å²) in [7, 11) is 0. The van der Waals surface area contributed by atoms with Gasteiger partial charge in [0.15, 0.2) is 5.82 Å². The first-order chi connectivity index (χ1) is 20.7. The topological polar surface area (TPSA) is 139 Å². The minimum absolute atomic E-state index is 0.0498. The van der Waals surface area contributed by atoms with Crippen molar-refractivity contribution in [3.63, 3.8) is 0 Å². The predicted octanol–water partition coefficient (Wildman–Crippen LogP) is 4.61. The van der Waals surface area contributed by atoms with Crippen molar-refractivity contribution in [2.75, 3.05) is 0 Å². The Morgan fingerprint density at radius 3 is 2.72 bits per heavy atom. The van der Waals surface area contributed by atoms with Gasteiger partial charge in [-0.1, -0.05) is 23.7 Å². The smallest absolute Gasteiger partial charge is 0.339 e. The van der Waals surface area contributed by atoms with E-state index < -0.39 is 11.5 Å². The van der Waals surface area contributed by atoms with E-state index in [4.69, 9.17) is 17.3 Å². The largest absolute Gasteiger partial charge is 0.354 e. The second-order valence-corrected chi connectivity index (χ2v) is 11.8. The number of aryl methyl sites for hydroxylation is 1. The maximum atomic E-state index is 15.1. The predicted molar refractivity (Wildman–Crippen MR) is 165 cm³/mol. The molecule has 0 aliphatic carbocycles. The summed E-state index contributed by atoms with van der Waals surface area (Å²) in [5, 5.41) is 10.6. The molecular weight excluding hydrogens is 571 g/mol. The number of piperidine rings is 1. The van der Waals surface area contributed by atoms with Gasteiger partial charge in [-0.2, -0.15) is 10.1 Å².